The molecular formula is C24H37FN2O6Si. The van der Waals surface area contributed by atoms with Crippen molar-refractivity contribution in [3.8, 4) is 0 Å². The first kappa shape index (κ1) is 27.9. The minimum Gasteiger partial charge on any atom is -0.444 e. The van der Waals surface area contributed by atoms with Crippen molar-refractivity contribution in [1.82, 2.24) is 4.90 Å². The molecule has 0 aromatic heterocycles. The number of amides is 1. The zero-order valence-corrected chi connectivity index (χ0v) is 22.4. The summed E-state index contributed by atoms with van der Waals surface area (Å²) in [4.78, 5) is 25.2. The maximum absolute atomic E-state index is 14.2. The zero-order chi connectivity index (χ0) is 25.9. The van der Waals surface area contributed by atoms with Crippen LogP contribution in [0.4, 0.5) is 14.9 Å². The summed E-state index contributed by atoms with van der Waals surface area (Å²) in [6.07, 6.45) is 1.79. The molecule has 2 rings (SSSR count). The smallest absolute Gasteiger partial charge is 0.410 e. The number of rotatable bonds is 6. The van der Waals surface area contributed by atoms with Crippen molar-refractivity contribution in [2.45, 2.75) is 77.4 Å². The van der Waals surface area contributed by atoms with Crippen LogP contribution in [0.5, 0.6) is 0 Å². The van der Waals surface area contributed by atoms with Crippen molar-refractivity contribution in [3.63, 3.8) is 0 Å². The van der Waals surface area contributed by atoms with Crippen LogP contribution in [0.15, 0.2) is 24.3 Å². The maximum Gasteiger partial charge on any atom is 0.410 e. The number of nitro benzene ring substituents is 1. The molecule has 1 aromatic carbocycles. The number of ether oxygens (including phenoxy) is 2. The van der Waals surface area contributed by atoms with Crippen molar-refractivity contribution in [2.75, 3.05) is 19.8 Å². The molecule has 190 valence electrons. The van der Waals surface area contributed by atoms with Crippen molar-refractivity contribution in [3.05, 3.63) is 45.8 Å². The van der Waals surface area contributed by atoms with E-state index in [4.69, 9.17) is 13.9 Å². The molecule has 1 fully saturated rings. The van der Waals surface area contributed by atoms with Gasteiger partial charge in [-0.3, -0.25) is 15.0 Å². The average Bonchev–Trinajstić information content (AvgIpc) is 2.69. The molecule has 1 amide bonds. The Labute approximate surface area is 202 Å². The van der Waals surface area contributed by atoms with Gasteiger partial charge >= 0.3 is 6.09 Å². The second-order valence-corrected chi connectivity index (χ2v) is 15.8. The highest BCUT2D eigenvalue weighted by atomic mass is 28.4. The molecule has 10 heteroatoms. The second kappa shape index (κ2) is 10.5. The monoisotopic (exact) mass is 496 g/mol. The molecule has 0 radical (unpaired) electrons. The number of hydrogen-bond donors (Lipinski definition) is 0. The molecular weight excluding hydrogens is 459 g/mol. The summed E-state index contributed by atoms with van der Waals surface area (Å²) in [6, 6.07) is 3.34. The number of halogens is 1. The van der Waals surface area contributed by atoms with Crippen LogP contribution in [0.3, 0.4) is 0 Å². The highest BCUT2D eigenvalue weighted by Crippen LogP contribution is 2.37. The van der Waals surface area contributed by atoms with E-state index in [0.717, 1.165) is 6.07 Å². The summed E-state index contributed by atoms with van der Waals surface area (Å²) in [5.74, 6) is -0.703. The van der Waals surface area contributed by atoms with E-state index in [0.29, 0.717) is 6.61 Å². The molecule has 1 saturated heterocycles. The van der Waals surface area contributed by atoms with Crippen LogP contribution in [0.2, 0.25) is 18.1 Å². The molecule has 0 aliphatic carbocycles. The van der Waals surface area contributed by atoms with E-state index in [9.17, 15) is 19.3 Å². The summed E-state index contributed by atoms with van der Waals surface area (Å²) in [6.45, 7) is 16.7. The van der Waals surface area contributed by atoms with E-state index in [1.807, 2.05) is 0 Å². The standard InChI is InChI=1S/C24H37FN2O6Si/c1-23(2,3)33-22(28)26-14-18(12-13-19-20(25)10-9-11-21(19)27(29)30)31-15-17(26)16-32-34(7,8)24(4,5)6/h9-13,17-18H,14-16H2,1-8H3/t17-,18+/m0/s1. The van der Waals surface area contributed by atoms with E-state index >= 15 is 0 Å². The lowest BCUT2D eigenvalue weighted by atomic mass is 10.1. The lowest BCUT2D eigenvalue weighted by molar-refractivity contribution is -0.385. The van der Waals surface area contributed by atoms with Gasteiger partial charge in [0, 0.05) is 6.07 Å². The van der Waals surface area contributed by atoms with E-state index in [-0.39, 0.29) is 35.5 Å². The van der Waals surface area contributed by atoms with Gasteiger partial charge in [0.2, 0.25) is 0 Å². The largest absolute Gasteiger partial charge is 0.444 e. The predicted octanol–water partition coefficient (Wildman–Crippen LogP) is 5.77. The summed E-state index contributed by atoms with van der Waals surface area (Å²) < 4.78 is 32.1. The predicted molar refractivity (Wildman–Crippen MR) is 132 cm³/mol. The normalized spacial score (nSPS) is 20.0. The van der Waals surface area contributed by atoms with Crippen LogP contribution in [-0.4, -0.2) is 61.7 Å². The Morgan fingerprint density at radius 2 is 1.94 bits per heavy atom. The van der Waals surface area contributed by atoms with Gasteiger partial charge in [0.1, 0.15) is 11.4 Å². The Kier molecular flexibility index (Phi) is 8.65. The SMILES string of the molecule is CC(C)(C)OC(=O)N1C[C@@H](C=Cc2c(F)cccc2[N+](=O)[O-])OC[C@H]1CO[Si](C)(C)C(C)(C)C. The van der Waals surface area contributed by atoms with Crippen LogP contribution in [0, 0.1) is 15.9 Å². The Bertz CT molecular complexity index is 923. The molecule has 0 saturated carbocycles. The molecule has 0 N–H and O–H groups in total. The van der Waals surface area contributed by atoms with E-state index in [1.54, 1.807) is 25.7 Å². The van der Waals surface area contributed by atoms with E-state index in [2.05, 4.69) is 33.9 Å². The molecule has 0 bridgehead atoms. The molecule has 1 heterocycles. The molecule has 8 nitrogen and oxygen atoms in total. The summed E-state index contributed by atoms with van der Waals surface area (Å²) in [5, 5.41) is 11.3. The highest BCUT2D eigenvalue weighted by Gasteiger charge is 2.40. The summed E-state index contributed by atoms with van der Waals surface area (Å²) >= 11 is 0. The Morgan fingerprint density at radius 3 is 2.50 bits per heavy atom. The Morgan fingerprint density at radius 1 is 1.29 bits per heavy atom. The molecule has 0 spiro atoms. The van der Waals surface area contributed by atoms with Crippen LogP contribution in [-0.2, 0) is 13.9 Å². The number of morpholine rings is 1. The Balaban J connectivity index is 2.23. The number of nitro groups is 1. The molecule has 0 unspecified atom stereocenters. The number of hydrogen-bond acceptors (Lipinski definition) is 6. The fourth-order valence-corrected chi connectivity index (χ4v) is 4.14. The van der Waals surface area contributed by atoms with Gasteiger partial charge in [-0.25, -0.2) is 9.18 Å². The minimum absolute atomic E-state index is 0.0129. The summed E-state index contributed by atoms with van der Waals surface area (Å²) in [7, 11) is -2.05. The molecule has 1 aliphatic heterocycles. The lowest BCUT2D eigenvalue weighted by Crippen LogP contribution is -2.56. The number of benzene rings is 1. The van der Waals surface area contributed by atoms with Crippen LogP contribution < -0.4 is 0 Å². The number of carbonyl (C=O) groups excluding carboxylic acids is 1. The lowest BCUT2D eigenvalue weighted by Gasteiger charge is -2.42. The van der Waals surface area contributed by atoms with Crippen LogP contribution in [0.25, 0.3) is 6.08 Å². The first-order chi connectivity index (χ1) is 15.5. The van der Waals surface area contributed by atoms with Gasteiger partial charge in [-0.15, -0.1) is 0 Å². The Hall–Kier alpha value is -2.30. The van der Waals surface area contributed by atoms with Gasteiger partial charge in [-0.1, -0.05) is 32.9 Å². The average molecular weight is 497 g/mol. The fourth-order valence-electron chi connectivity index (χ4n) is 3.09. The minimum atomic E-state index is -2.05. The number of nitrogens with zero attached hydrogens (tertiary/aromatic N) is 2. The van der Waals surface area contributed by atoms with E-state index < -0.39 is 36.9 Å². The van der Waals surface area contributed by atoms with Gasteiger partial charge < -0.3 is 13.9 Å². The highest BCUT2D eigenvalue weighted by molar-refractivity contribution is 6.74. The molecule has 2 atom stereocenters. The molecule has 1 aliphatic rings. The zero-order valence-electron chi connectivity index (χ0n) is 21.4. The molecule has 1 aromatic rings. The second-order valence-electron chi connectivity index (χ2n) is 11.0. The third kappa shape index (κ3) is 7.35. The first-order valence-corrected chi connectivity index (χ1v) is 14.3. The third-order valence-corrected chi connectivity index (χ3v) is 10.6. The van der Waals surface area contributed by atoms with Crippen molar-refractivity contribution >= 4 is 26.2 Å². The number of carbonyl (C=O) groups is 1. The van der Waals surface area contributed by atoms with Gasteiger partial charge in [0.05, 0.1) is 42.4 Å². The quantitative estimate of drug-likeness (QED) is 0.282. The molecule has 34 heavy (non-hydrogen) atoms. The van der Waals surface area contributed by atoms with Gasteiger partial charge in [0.15, 0.2) is 8.32 Å². The maximum atomic E-state index is 14.2. The van der Waals surface area contributed by atoms with Crippen molar-refractivity contribution in [2.24, 2.45) is 0 Å². The van der Waals surface area contributed by atoms with E-state index in [1.165, 1.54) is 24.3 Å². The summed E-state index contributed by atoms with van der Waals surface area (Å²) in [5.41, 5.74) is -1.15. The third-order valence-electron chi connectivity index (χ3n) is 6.09. The van der Waals surface area contributed by atoms with Crippen LogP contribution in [0.1, 0.15) is 47.1 Å². The van der Waals surface area contributed by atoms with Gasteiger partial charge in [-0.05, 0) is 51.0 Å². The van der Waals surface area contributed by atoms with Gasteiger partial charge in [0.25, 0.3) is 5.69 Å². The topological polar surface area (TPSA) is 91.1 Å². The van der Waals surface area contributed by atoms with Crippen molar-refractivity contribution < 1.29 is 28.0 Å². The fraction of sp³-hybridized carbons (Fsp3) is 0.625. The first-order valence-electron chi connectivity index (χ1n) is 11.4. The van der Waals surface area contributed by atoms with Crippen LogP contribution >= 0.6 is 0 Å². The van der Waals surface area contributed by atoms with Crippen molar-refractivity contribution in [1.29, 1.82) is 0 Å². The van der Waals surface area contributed by atoms with Gasteiger partial charge in [-0.2, -0.15) is 0 Å².